The van der Waals surface area contributed by atoms with Crippen LogP contribution >= 0.6 is 0 Å². The van der Waals surface area contributed by atoms with E-state index in [9.17, 15) is 14.0 Å². The quantitative estimate of drug-likeness (QED) is 0.683. The molecular weight excluding hydrogens is 299 g/mol. The first-order chi connectivity index (χ1) is 11.2. The van der Waals surface area contributed by atoms with Gasteiger partial charge in [-0.05, 0) is 30.3 Å². The minimum Gasteiger partial charge on any atom is -0.486 e. The van der Waals surface area contributed by atoms with Crippen LogP contribution in [0.3, 0.4) is 0 Å². The fourth-order valence-corrected chi connectivity index (χ4v) is 2.85. The van der Waals surface area contributed by atoms with Crippen LogP contribution in [-0.2, 0) is 27.4 Å². The predicted molar refractivity (Wildman–Crippen MR) is 80.6 cm³/mol. The van der Waals surface area contributed by atoms with Gasteiger partial charge in [-0.2, -0.15) is 0 Å². The zero-order valence-corrected chi connectivity index (χ0v) is 11.9. The monoisotopic (exact) mass is 310 g/mol. The van der Waals surface area contributed by atoms with Gasteiger partial charge >= 0.3 is 0 Å². The molecule has 4 rings (SSSR count). The first-order valence-corrected chi connectivity index (χ1v) is 7.08. The summed E-state index contributed by atoms with van der Waals surface area (Å²) in [5.74, 6) is -0.353. The number of benzene rings is 1. The number of ether oxygens (including phenoxy) is 1. The molecule has 2 aromatic rings. The van der Waals surface area contributed by atoms with Gasteiger partial charge in [-0.15, -0.1) is 0 Å². The van der Waals surface area contributed by atoms with E-state index in [1.807, 2.05) is 0 Å². The number of halogens is 1. The largest absolute Gasteiger partial charge is 0.486 e. The summed E-state index contributed by atoms with van der Waals surface area (Å²) >= 11 is 0. The van der Waals surface area contributed by atoms with Crippen molar-refractivity contribution < 1.29 is 18.7 Å². The van der Waals surface area contributed by atoms with Crippen molar-refractivity contribution in [1.82, 2.24) is 4.98 Å². The van der Waals surface area contributed by atoms with E-state index in [1.165, 1.54) is 18.2 Å². The molecule has 1 aromatic heterocycles. The molecule has 5 nitrogen and oxygen atoms in total. The van der Waals surface area contributed by atoms with Crippen LogP contribution in [-0.4, -0.2) is 17.2 Å². The average molecular weight is 310 g/mol. The van der Waals surface area contributed by atoms with Crippen LogP contribution in [0.5, 0.6) is 0 Å². The van der Waals surface area contributed by atoms with Gasteiger partial charge in [0.05, 0.1) is 11.3 Å². The number of rotatable bonds is 2. The van der Waals surface area contributed by atoms with Crippen LogP contribution in [0.2, 0.25) is 0 Å². The van der Waals surface area contributed by atoms with Gasteiger partial charge in [0.15, 0.2) is 0 Å². The van der Waals surface area contributed by atoms with E-state index in [-0.39, 0.29) is 18.9 Å². The Kier molecular flexibility index (Phi) is 2.97. The Morgan fingerprint density at radius 1 is 1.26 bits per heavy atom. The summed E-state index contributed by atoms with van der Waals surface area (Å²) in [7, 11) is 0. The molecule has 114 valence electrons. The summed E-state index contributed by atoms with van der Waals surface area (Å²) in [5, 5.41) is 2.70. The van der Waals surface area contributed by atoms with Crippen LogP contribution in [0.15, 0.2) is 30.3 Å². The van der Waals surface area contributed by atoms with Crippen molar-refractivity contribution in [2.45, 2.75) is 13.0 Å². The van der Waals surface area contributed by atoms with Gasteiger partial charge in [0.1, 0.15) is 24.5 Å². The van der Waals surface area contributed by atoms with Gasteiger partial charge in [-0.1, -0.05) is 0 Å². The number of carbonyl (C=O) groups is 2. The normalized spacial score (nSPS) is 18.2. The van der Waals surface area contributed by atoms with Crippen LogP contribution in [0.4, 0.5) is 10.1 Å². The maximum atomic E-state index is 13.5. The van der Waals surface area contributed by atoms with Crippen LogP contribution in [0, 0.1) is 5.82 Å². The smallest absolute Gasteiger partial charge is 0.260 e. The molecule has 0 aliphatic carbocycles. The van der Waals surface area contributed by atoms with Crippen LogP contribution in [0.1, 0.15) is 22.5 Å². The topological polar surface area (TPSA) is 68.3 Å². The summed E-state index contributed by atoms with van der Waals surface area (Å²) in [5.41, 5.74) is 3.36. The van der Waals surface area contributed by atoms with E-state index in [2.05, 4.69) is 10.3 Å². The molecule has 2 aliphatic rings. The Hall–Kier alpha value is -3.02. The van der Waals surface area contributed by atoms with Crippen molar-refractivity contribution in [3.05, 3.63) is 58.7 Å². The molecule has 3 heterocycles. The number of anilines is 1. The third kappa shape index (κ3) is 2.11. The molecular formula is C17H11FN2O3. The molecule has 0 unspecified atom stereocenters. The van der Waals surface area contributed by atoms with E-state index in [0.29, 0.717) is 39.5 Å². The van der Waals surface area contributed by atoms with Gasteiger partial charge in [0, 0.05) is 28.9 Å². The van der Waals surface area contributed by atoms with E-state index in [0.717, 1.165) is 6.29 Å². The molecule has 0 saturated heterocycles. The maximum Gasteiger partial charge on any atom is 0.260 e. The highest BCUT2D eigenvalue weighted by Crippen LogP contribution is 2.41. The number of aromatic nitrogens is 1. The molecule has 6 heteroatoms. The number of aldehydes is 1. The Bertz CT molecular complexity index is 889. The summed E-state index contributed by atoms with van der Waals surface area (Å²) in [4.78, 5) is 27.2. The number of carbonyl (C=O) groups excluding carboxylic acids is 2. The Morgan fingerprint density at radius 2 is 2.13 bits per heavy atom. The highest BCUT2D eigenvalue weighted by molar-refractivity contribution is 6.36. The van der Waals surface area contributed by atoms with Crippen LogP contribution < -0.4 is 5.32 Å². The van der Waals surface area contributed by atoms with Crippen molar-refractivity contribution in [2.24, 2.45) is 0 Å². The maximum absolute atomic E-state index is 13.5. The molecule has 0 fully saturated rings. The molecule has 0 saturated carbocycles. The summed E-state index contributed by atoms with van der Waals surface area (Å²) < 4.78 is 19.2. The Labute approximate surface area is 130 Å². The molecule has 23 heavy (non-hydrogen) atoms. The lowest BCUT2D eigenvalue weighted by atomic mass is 10.0. The first-order valence-electron chi connectivity index (χ1n) is 7.08. The number of hydrogen-bond donors (Lipinski definition) is 1. The minimum atomic E-state index is -0.420. The highest BCUT2D eigenvalue weighted by Gasteiger charge is 2.33. The number of pyridine rings is 1. The number of nitrogens with zero attached hydrogens (tertiary/aromatic N) is 1. The summed E-state index contributed by atoms with van der Waals surface area (Å²) in [6.45, 7) is 0.221. The Morgan fingerprint density at radius 3 is 2.96 bits per heavy atom. The summed E-state index contributed by atoms with van der Waals surface area (Å²) in [6, 6.07) is 7.63. The van der Waals surface area contributed by atoms with Gasteiger partial charge < -0.3 is 14.8 Å². The molecule has 0 spiro atoms. The molecule has 2 aliphatic heterocycles. The average Bonchev–Trinajstić information content (AvgIpc) is 3.07. The minimum absolute atomic E-state index is 0.221. The fraction of sp³-hybridized carbons (Fsp3) is 0.118. The molecule has 0 bridgehead atoms. The third-order valence-electron chi connectivity index (χ3n) is 3.88. The number of hydrogen-bond acceptors (Lipinski definition) is 4. The molecule has 1 amide bonds. The van der Waals surface area contributed by atoms with E-state index < -0.39 is 5.82 Å². The number of nitrogens with one attached hydrogen (secondary N) is 1. The SMILES string of the molecule is O=CCc1ccc2c(n1)CO/C2=C1/C(=O)Nc2ccc(F)cc21. The molecule has 0 radical (unpaired) electrons. The van der Waals surface area contributed by atoms with E-state index in [4.69, 9.17) is 4.74 Å². The second-order valence-electron chi connectivity index (χ2n) is 5.30. The zero-order valence-electron chi connectivity index (χ0n) is 11.9. The molecule has 1 N–H and O–H groups in total. The lowest BCUT2D eigenvalue weighted by Gasteiger charge is -2.05. The zero-order chi connectivity index (χ0) is 16.0. The number of amides is 1. The third-order valence-corrected chi connectivity index (χ3v) is 3.88. The predicted octanol–water partition coefficient (Wildman–Crippen LogP) is 2.31. The second kappa shape index (κ2) is 5.01. The first kappa shape index (κ1) is 13.6. The fourth-order valence-electron chi connectivity index (χ4n) is 2.85. The van der Waals surface area contributed by atoms with E-state index >= 15 is 0 Å². The van der Waals surface area contributed by atoms with Gasteiger partial charge in [0.25, 0.3) is 5.91 Å². The van der Waals surface area contributed by atoms with E-state index in [1.54, 1.807) is 12.1 Å². The standard InChI is InChI=1S/C17H11FN2O3/c18-9-1-4-13-12(7-9)15(17(22)20-13)16-11-3-2-10(5-6-21)19-14(11)8-23-16/h1-4,6-7H,5,8H2,(H,20,22)/b16-15+. The summed E-state index contributed by atoms with van der Waals surface area (Å²) in [6.07, 6.45) is 1.01. The van der Waals surface area contributed by atoms with Crippen molar-refractivity contribution in [3.8, 4) is 0 Å². The van der Waals surface area contributed by atoms with Crippen molar-refractivity contribution >= 4 is 29.2 Å². The lowest BCUT2D eigenvalue weighted by Crippen LogP contribution is -2.05. The van der Waals surface area contributed by atoms with Gasteiger partial charge in [0.2, 0.25) is 0 Å². The van der Waals surface area contributed by atoms with Crippen molar-refractivity contribution in [1.29, 1.82) is 0 Å². The second-order valence-corrected chi connectivity index (χ2v) is 5.30. The van der Waals surface area contributed by atoms with Crippen LogP contribution in [0.25, 0.3) is 11.3 Å². The van der Waals surface area contributed by atoms with Crippen molar-refractivity contribution in [3.63, 3.8) is 0 Å². The lowest BCUT2D eigenvalue weighted by molar-refractivity contribution is -0.111. The van der Waals surface area contributed by atoms with Gasteiger partial charge in [-0.25, -0.2) is 4.39 Å². The Balaban J connectivity index is 1.87. The van der Waals surface area contributed by atoms with Gasteiger partial charge in [-0.3, -0.25) is 9.78 Å². The molecule has 1 aromatic carbocycles. The highest BCUT2D eigenvalue weighted by atomic mass is 19.1. The number of fused-ring (bicyclic) bond motifs is 2. The molecule has 0 atom stereocenters. The van der Waals surface area contributed by atoms with Crippen molar-refractivity contribution in [2.75, 3.05) is 5.32 Å².